The number of carbonyl (C=O) groups is 1. The summed E-state index contributed by atoms with van der Waals surface area (Å²) >= 11 is 6.60. The first-order chi connectivity index (χ1) is 19.4. The van der Waals surface area contributed by atoms with Crippen LogP contribution in [0.4, 0.5) is 0 Å². The number of fused-ring (bicyclic) bond motifs is 1. The Morgan fingerprint density at radius 2 is 1.98 bits per heavy atom. The molecule has 1 aromatic carbocycles. The van der Waals surface area contributed by atoms with Crippen molar-refractivity contribution in [1.29, 1.82) is 5.26 Å². The van der Waals surface area contributed by atoms with E-state index < -0.39 is 0 Å². The van der Waals surface area contributed by atoms with E-state index in [0.717, 1.165) is 12.8 Å². The molecule has 1 fully saturated rings. The lowest BCUT2D eigenvalue weighted by atomic mass is 10.0. The van der Waals surface area contributed by atoms with Gasteiger partial charge < -0.3 is 28.6 Å². The Balaban J connectivity index is 0.00000387. The second-order valence-corrected chi connectivity index (χ2v) is 9.69. The van der Waals surface area contributed by atoms with Crippen molar-refractivity contribution in [3.05, 3.63) is 58.9 Å². The third-order valence-electron chi connectivity index (χ3n) is 6.68. The lowest BCUT2D eigenvalue weighted by molar-refractivity contribution is 0.0254. The Labute approximate surface area is 247 Å². The second kappa shape index (κ2) is 13.2. The van der Waals surface area contributed by atoms with Crippen molar-refractivity contribution in [1.82, 2.24) is 14.9 Å². The fourth-order valence-electron chi connectivity index (χ4n) is 4.56. The topological polar surface area (TPSA) is 131 Å². The lowest BCUT2D eigenvalue weighted by Gasteiger charge is -2.24. The van der Waals surface area contributed by atoms with E-state index in [1.54, 1.807) is 31.3 Å². The smallest absolute Gasteiger partial charge is 0.255 e. The van der Waals surface area contributed by atoms with Crippen LogP contribution in [-0.4, -0.2) is 72.5 Å². The van der Waals surface area contributed by atoms with Crippen LogP contribution in [0, 0.1) is 11.3 Å². The largest absolute Gasteiger partial charge is 0.494 e. The van der Waals surface area contributed by atoms with Crippen molar-refractivity contribution in [2.45, 2.75) is 18.9 Å². The number of methoxy groups -OCH3 is 1. The molecule has 0 saturated carbocycles. The van der Waals surface area contributed by atoms with Crippen LogP contribution in [0.15, 0.2) is 47.1 Å². The van der Waals surface area contributed by atoms with Crippen molar-refractivity contribution >= 4 is 41.0 Å². The SMILES string of the molecule is COc1cc(C(=O)N(C)CCO)cnc1-c1cc2ncc(Cl)c(-c3ccc(OC4CCOCC4)c(C#N)c3)c2o1.Cl. The molecule has 1 aliphatic heterocycles. The zero-order chi connectivity index (χ0) is 28.2. The average Bonchev–Trinajstić information content (AvgIpc) is 3.41. The highest BCUT2D eigenvalue weighted by molar-refractivity contribution is 6.34. The Kier molecular flexibility index (Phi) is 9.68. The maximum absolute atomic E-state index is 12.7. The summed E-state index contributed by atoms with van der Waals surface area (Å²) < 4.78 is 23.2. The first-order valence-electron chi connectivity index (χ1n) is 12.7. The van der Waals surface area contributed by atoms with Gasteiger partial charge >= 0.3 is 0 Å². The minimum Gasteiger partial charge on any atom is -0.494 e. The predicted molar refractivity (Wildman–Crippen MR) is 155 cm³/mol. The first kappa shape index (κ1) is 30.1. The van der Waals surface area contributed by atoms with Gasteiger partial charge in [-0.1, -0.05) is 17.7 Å². The number of nitriles is 1. The maximum atomic E-state index is 12.7. The van der Waals surface area contributed by atoms with Gasteiger partial charge in [0, 0.05) is 50.5 Å². The summed E-state index contributed by atoms with van der Waals surface area (Å²) in [4.78, 5) is 22.9. The molecule has 41 heavy (non-hydrogen) atoms. The molecule has 1 amide bonds. The number of carbonyl (C=O) groups excluding carboxylic acids is 1. The highest BCUT2D eigenvalue weighted by Gasteiger charge is 2.22. The molecule has 12 heteroatoms. The van der Waals surface area contributed by atoms with Crippen LogP contribution in [0.5, 0.6) is 11.5 Å². The third kappa shape index (κ3) is 6.24. The van der Waals surface area contributed by atoms with Crippen molar-refractivity contribution in [2.24, 2.45) is 0 Å². The molecular formula is C29H28Cl2N4O6. The number of hydrogen-bond donors (Lipinski definition) is 1. The van der Waals surface area contributed by atoms with Gasteiger partial charge in [0.1, 0.15) is 34.9 Å². The highest BCUT2D eigenvalue weighted by atomic mass is 35.5. The van der Waals surface area contributed by atoms with Crippen LogP contribution in [0.1, 0.15) is 28.8 Å². The van der Waals surface area contributed by atoms with Crippen LogP contribution in [0.2, 0.25) is 5.02 Å². The van der Waals surface area contributed by atoms with E-state index in [2.05, 4.69) is 16.0 Å². The van der Waals surface area contributed by atoms with Gasteiger partial charge in [0.05, 0.1) is 43.1 Å². The Bertz CT molecular complexity index is 1600. The van der Waals surface area contributed by atoms with Crippen LogP contribution < -0.4 is 9.47 Å². The number of ether oxygens (including phenoxy) is 3. The fraction of sp³-hybridized carbons (Fsp3) is 0.310. The second-order valence-electron chi connectivity index (χ2n) is 9.28. The van der Waals surface area contributed by atoms with Gasteiger partial charge in [-0.15, -0.1) is 12.4 Å². The molecule has 0 unspecified atom stereocenters. The molecule has 1 aliphatic rings. The molecule has 0 spiro atoms. The number of aliphatic hydroxyl groups excluding tert-OH is 1. The minimum atomic E-state index is -0.302. The molecule has 1 N–H and O–H groups in total. The van der Waals surface area contributed by atoms with Crippen molar-refractivity contribution < 1.29 is 28.5 Å². The van der Waals surface area contributed by atoms with E-state index in [4.69, 9.17) is 35.3 Å². The number of rotatable bonds is 8. The quantitative estimate of drug-likeness (QED) is 0.293. The van der Waals surface area contributed by atoms with E-state index in [9.17, 15) is 10.1 Å². The molecule has 0 bridgehead atoms. The van der Waals surface area contributed by atoms with Crippen LogP contribution >= 0.6 is 24.0 Å². The molecule has 1 saturated heterocycles. The lowest BCUT2D eigenvalue weighted by Crippen LogP contribution is -2.29. The number of nitrogens with zero attached hydrogens (tertiary/aromatic N) is 4. The number of furan rings is 1. The van der Waals surface area contributed by atoms with E-state index >= 15 is 0 Å². The minimum absolute atomic E-state index is 0. The molecule has 4 heterocycles. The summed E-state index contributed by atoms with van der Waals surface area (Å²) in [7, 11) is 3.07. The van der Waals surface area contributed by atoms with E-state index in [1.165, 1.54) is 24.4 Å². The third-order valence-corrected chi connectivity index (χ3v) is 6.97. The van der Waals surface area contributed by atoms with E-state index in [0.29, 0.717) is 74.5 Å². The summed E-state index contributed by atoms with van der Waals surface area (Å²) in [6.07, 6.45) is 4.49. The Morgan fingerprint density at radius 3 is 2.68 bits per heavy atom. The predicted octanol–water partition coefficient (Wildman–Crippen LogP) is 5.13. The highest BCUT2D eigenvalue weighted by Crippen LogP contribution is 2.40. The van der Waals surface area contributed by atoms with Gasteiger partial charge in [0.25, 0.3) is 5.91 Å². The number of pyridine rings is 2. The molecule has 214 valence electrons. The summed E-state index contributed by atoms with van der Waals surface area (Å²) in [5.74, 6) is 0.902. The van der Waals surface area contributed by atoms with Crippen LogP contribution in [-0.2, 0) is 4.74 Å². The van der Waals surface area contributed by atoms with Gasteiger partial charge in [-0.25, -0.2) is 4.98 Å². The molecule has 5 rings (SSSR count). The number of hydrogen-bond acceptors (Lipinski definition) is 9. The average molecular weight is 599 g/mol. The summed E-state index contributed by atoms with van der Waals surface area (Å²) in [6.45, 7) is 1.31. The van der Waals surface area contributed by atoms with Gasteiger partial charge in [0.15, 0.2) is 11.3 Å². The van der Waals surface area contributed by atoms with Crippen molar-refractivity contribution in [3.8, 4) is 40.1 Å². The van der Waals surface area contributed by atoms with Crippen LogP contribution in [0.25, 0.3) is 33.7 Å². The number of aliphatic hydroxyl groups is 1. The zero-order valence-corrected chi connectivity index (χ0v) is 24.0. The maximum Gasteiger partial charge on any atom is 0.255 e. The summed E-state index contributed by atoms with van der Waals surface area (Å²) in [6, 6.07) is 10.8. The monoisotopic (exact) mass is 598 g/mol. The molecule has 0 aliphatic carbocycles. The number of likely N-dealkylation sites (N-methyl/N-ethyl adjacent to an activating group) is 1. The number of halogens is 2. The van der Waals surface area contributed by atoms with Crippen LogP contribution in [0.3, 0.4) is 0 Å². The fourth-order valence-corrected chi connectivity index (χ4v) is 4.81. The van der Waals surface area contributed by atoms with Gasteiger partial charge in [-0.2, -0.15) is 5.26 Å². The van der Waals surface area contributed by atoms with Gasteiger partial charge in [-0.3, -0.25) is 9.78 Å². The molecule has 3 aromatic heterocycles. The van der Waals surface area contributed by atoms with E-state index in [-0.39, 0.29) is 37.6 Å². The standard InChI is InChI=1S/C29H27ClN4O6.ClH/c1-34(7-8-35)29(36)19-12-24(37-2)27(33-15-19)25-13-22-28(40-25)26(21(30)16-32-22)17-3-4-23(18(11-17)14-31)39-20-5-9-38-10-6-20;/h3-4,11-13,15-16,20,35H,5-10H2,1-2H3;1H. The molecule has 0 atom stereocenters. The molecule has 0 radical (unpaired) electrons. The van der Waals surface area contributed by atoms with Gasteiger partial charge in [0.2, 0.25) is 0 Å². The van der Waals surface area contributed by atoms with Crippen molar-refractivity contribution in [2.75, 3.05) is 40.5 Å². The molecular weight excluding hydrogens is 571 g/mol. The molecule has 10 nitrogen and oxygen atoms in total. The molecule has 4 aromatic rings. The normalized spacial score (nSPS) is 13.3. The number of benzene rings is 1. The number of aromatic nitrogens is 2. The van der Waals surface area contributed by atoms with E-state index in [1.807, 2.05) is 6.07 Å². The van der Waals surface area contributed by atoms with Crippen molar-refractivity contribution in [3.63, 3.8) is 0 Å². The Hall–Kier alpha value is -3.88. The van der Waals surface area contributed by atoms with Gasteiger partial charge in [-0.05, 0) is 23.8 Å². The zero-order valence-electron chi connectivity index (χ0n) is 22.4. The summed E-state index contributed by atoms with van der Waals surface area (Å²) in [5.41, 5.74) is 3.25. The number of amides is 1. The first-order valence-corrected chi connectivity index (χ1v) is 13.1. The Morgan fingerprint density at radius 1 is 1.20 bits per heavy atom. The summed E-state index contributed by atoms with van der Waals surface area (Å²) in [5, 5.41) is 19.3.